The van der Waals surface area contributed by atoms with Gasteiger partial charge < -0.3 is 5.32 Å². The van der Waals surface area contributed by atoms with E-state index in [0.29, 0.717) is 11.3 Å². The van der Waals surface area contributed by atoms with Gasteiger partial charge in [-0.25, -0.2) is 0 Å². The van der Waals surface area contributed by atoms with Crippen molar-refractivity contribution in [3.05, 3.63) is 70.8 Å². The van der Waals surface area contributed by atoms with Crippen molar-refractivity contribution in [3.8, 4) is 0 Å². The van der Waals surface area contributed by atoms with Crippen LogP contribution >= 0.6 is 0 Å². The van der Waals surface area contributed by atoms with Crippen LogP contribution in [-0.4, -0.2) is 17.7 Å². The highest BCUT2D eigenvalue weighted by molar-refractivity contribution is 6.22. The van der Waals surface area contributed by atoms with Crippen molar-refractivity contribution in [2.75, 3.05) is 5.32 Å². The molecule has 0 radical (unpaired) electrons. The van der Waals surface area contributed by atoms with Crippen molar-refractivity contribution in [3.63, 3.8) is 0 Å². The monoisotopic (exact) mass is 306 g/mol. The molecule has 0 fully saturated rings. The largest absolute Gasteiger partial charge is 0.322 e. The fraction of sp³-hybridized carbons (Fsp3) is 0.0556. The molecule has 0 bridgehead atoms. The lowest BCUT2D eigenvalue weighted by Crippen LogP contribution is -2.19. The van der Waals surface area contributed by atoms with Crippen LogP contribution < -0.4 is 10.6 Å². The Morgan fingerprint density at radius 2 is 1.70 bits per heavy atom. The normalized spacial score (nSPS) is 13.1. The molecule has 2 aromatic rings. The van der Waals surface area contributed by atoms with Crippen molar-refractivity contribution >= 4 is 29.5 Å². The van der Waals surface area contributed by atoms with E-state index < -0.39 is 11.8 Å². The maximum Gasteiger partial charge on any atom is 0.259 e. The second kappa shape index (κ2) is 5.88. The number of hydrogen-bond donors (Lipinski definition) is 2. The van der Waals surface area contributed by atoms with Crippen molar-refractivity contribution in [2.24, 2.45) is 0 Å². The predicted molar refractivity (Wildman–Crippen MR) is 87.1 cm³/mol. The smallest absolute Gasteiger partial charge is 0.259 e. The summed E-state index contributed by atoms with van der Waals surface area (Å²) >= 11 is 0. The summed E-state index contributed by atoms with van der Waals surface area (Å²) in [4.78, 5) is 35.0. The summed E-state index contributed by atoms with van der Waals surface area (Å²) in [6, 6.07) is 12.4. The second-order valence-corrected chi connectivity index (χ2v) is 5.28. The Morgan fingerprint density at radius 1 is 1.00 bits per heavy atom. The molecule has 0 unspecified atom stereocenters. The van der Waals surface area contributed by atoms with Gasteiger partial charge in [0.15, 0.2) is 0 Å². The van der Waals surface area contributed by atoms with E-state index in [2.05, 4.69) is 10.6 Å². The van der Waals surface area contributed by atoms with E-state index in [1.807, 2.05) is 31.2 Å². The third-order valence-electron chi connectivity index (χ3n) is 3.51. The Kier molecular flexibility index (Phi) is 3.76. The Hall–Kier alpha value is -3.21. The molecule has 1 heterocycles. The van der Waals surface area contributed by atoms with Gasteiger partial charge in [-0.05, 0) is 36.8 Å². The van der Waals surface area contributed by atoms with Gasteiger partial charge in [0, 0.05) is 11.8 Å². The van der Waals surface area contributed by atoms with Gasteiger partial charge in [0.25, 0.3) is 11.8 Å². The van der Waals surface area contributed by atoms with Crippen LogP contribution in [0.2, 0.25) is 0 Å². The summed E-state index contributed by atoms with van der Waals surface area (Å²) < 4.78 is 0. The quantitative estimate of drug-likeness (QED) is 0.676. The lowest BCUT2D eigenvalue weighted by molar-refractivity contribution is -0.111. The summed E-state index contributed by atoms with van der Waals surface area (Å²) in [6.45, 7) is 1.99. The first-order chi connectivity index (χ1) is 11.0. The molecule has 2 aromatic carbocycles. The highest BCUT2D eigenvalue weighted by atomic mass is 16.2. The van der Waals surface area contributed by atoms with Crippen molar-refractivity contribution in [2.45, 2.75) is 6.92 Å². The van der Waals surface area contributed by atoms with E-state index in [1.54, 1.807) is 12.1 Å². The van der Waals surface area contributed by atoms with Gasteiger partial charge in [0.1, 0.15) is 0 Å². The first-order valence-corrected chi connectivity index (χ1v) is 7.08. The number of fused-ring (bicyclic) bond motifs is 1. The van der Waals surface area contributed by atoms with Crippen molar-refractivity contribution < 1.29 is 14.4 Å². The average Bonchev–Trinajstić information content (AvgIpc) is 2.81. The van der Waals surface area contributed by atoms with Gasteiger partial charge in [0.2, 0.25) is 5.91 Å². The van der Waals surface area contributed by atoms with Gasteiger partial charge >= 0.3 is 0 Å². The number of anilines is 1. The van der Waals surface area contributed by atoms with Crippen LogP contribution in [0.3, 0.4) is 0 Å². The zero-order valence-electron chi connectivity index (χ0n) is 12.4. The standard InChI is InChI=1S/C18H14N2O3/c1-11-2-4-12(5-3-11)6-9-16(21)19-13-7-8-14-15(10-13)18(23)20-17(14)22/h2-10H,1H3,(H,19,21)(H,20,22,23)/b9-6+. The highest BCUT2D eigenvalue weighted by Crippen LogP contribution is 2.20. The first kappa shape index (κ1) is 14.7. The minimum atomic E-state index is -0.448. The summed E-state index contributed by atoms with van der Waals surface area (Å²) in [5.74, 6) is -1.17. The lowest BCUT2D eigenvalue weighted by atomic mass is 10.1. The van der Waals surface area contributed by atoms with E-state index >= 15 is 0 Å². The van der Waals surface area contributed by atoms with Crippen LogP contribution in [0, 0.1) is 6.92 Å². The molecule has 114 valence electrons. The maximum atomic E-state index is 11.9. The molecule has 0 saturated heterocycles. The summed E-state index contributed by atoms with van der Waals surface area (Å²) in [7, 11) is 0. The molecule has 0 saturated carbocycles. The van der Waals surface area contributed by atoms with Crippen LogP contribution in [0.1, 0.15) is 31.8 Å². The summed E-state index contributed by atoms with van der Waals surface area (Å²) in [5, 5.41) is 4.88. The Bertz CT molecular complexity index is 836. The zero-order chi connectivity index (χ0) is 16.4. The molecule has 0 aliphatic carbocycles. The van der Waals surface area contributed by atoms with Crippen molar-refractivity contribution in [1.82, 2.24) is 5.32 Å². The number of imide groups is 1. The predicted octanol–water partition coefficient (Wildman–Crippen LogP) is 2.53. The highest BCUT2D eigenvalue weighted by Gasteiger charge is 2.26. The van der Waals surface area contributed by atoms with Gasteiger partial charge in [-0.3, -0.25) is 19.7 Å². The van der Waals surface area contributed by atoms with Crippen LogP contribution in [0.5, 0.6) is 0 Å². The van der Waals surface area contributed by atoms with Gasteiger partial charge in [-0.2, -0.15) is 0 Å². The van der Waals surface area contributed by atoms with E-state index in [4.69, 9.17) is 0 Å². The molecule has 5 nitrogen and oxygen atoms in total. The first-order valence-electron chi connectivity index (χ1n) is 7.08. The molecular formula is C18H14N2O3. The molecule has 23 heavy (non-hydrogen) atoms. The molecule has 2 N–H and O–H groups in total. The van der Waals surface area contributed by atoms with Gasteiger partial charge in [-0.15, -0.1) is 0 Å². The Balaban J connectivity index is 1.71. The fourth-order valence-electron chi connectivity index (χ4n) is 2.28. The van der Waals surface area contributed by atoms with Crippen LogP contribution in [-0.2, 0) is 4.79 Å². The van der Waals surface area contributed by atoms with E-state index in [0.717, 1.165) is 11.1 Å². The average molecular weight is 306 g/mol. The number of aryl methyl sites for hydroxylation is 1. The molecular weight excluding hydrogens is 292 g/mol. The number of benzene rings is 2. The summed E-state index contributed by atoms with van der Waals surface area (Å²) in [5.41, 5.74) is 3.13. The van der Waals surface area contributed by atoms with Crippen molar-refractivity contribution in [1.29, 1.82) is 0 Å². The topological polar surface area (TPSA) is 75.3 Å². The van der Waals surface area contributed by atoms with Crippen LogP contribution in [0.4, 0.5) is 5.69 Å². The number of nitrogens with one attached hydrogen (secondary N) is 2. The maximum absolute atomic E-state index is 11.9. The van der Waals surface area contributed by atoms with E-state index in [9.17, 15) is 14.4 Å². The molecule has 0 atom stereocenters. The van der Waals surface area contributed by atoms with Gasteiger partial charge in [0.05, 0.1) is 11.1 Å². The van der Waals surface area contributed by atoms with E-state index in [-0.39, 0.29) is 11.5 Å². The number of hydrogen-bond acceptors (Lipinski definition) is 3. The molecule has 1 aliphatic rings. The SMILES string of the molecule is Cc1ccc(/C=C/C(=O)Nc2ccc3c(c2)C(=O)NC3=O)cc1. The molecule has 0 aromatic heterocycles. The molecule has 1 aliphatic heterocycles. The molecule has 0 spiro atoms. The van der Waals surface area contributed by atoms with Gasteiger partial charge in [-0.1, -0.05) is 29.8 Å². The van der Waals surface area contributed by atoms with Crippen LogP contribution in [0.25, 0.3) is 6.08 Å². The minimum Gasteiger partial charge on any atom is -0.322 e. The third kappa shape index (κ3) is 3.18. The zero-order valence-corrected chi connectivity index (χ0v) is 12.4. The number of carbonyl (C=O) groups excluding carboxylic acids is 3. The molecule has 5 heteroatoms. The molecule has 3 rings (SSSR count). The third-order valence-corrected chi connectivity index (χ3v) is 3.51. The van der Waals surface area contributed by atoms with Crippen LogP contribution in [0.15, 0.2) is 48.5 Å². The number of amides is 3. The molecule has 3 amide bonds. The fourth-order valence-corrected chi connectivity index (χ4v) is 2.28. The lowest BCUT2D eigenvalue weighted by Gasteiger charge is -2.03. The summed E-state index contributed by atoms with van der Waals surface area (Å²) in [6.07, 6.45) is 3.13. The number of rotatable bonds is 3. The van der Waals surface area contributed by atoms with E-state index in [1.165, 1.54) is 18.2 Å². The second-order valence-electron chi connectivity index (χ2n) is 5.28. The number of carbonyl (C=O) groups is 3. The Labute approximate surface area is 133 Å². The minimum absolute atomic E-state index is 0.273. The Morgan fingerprint density at radius 3 is 2.43 bits per heavy atom.